The van der Waals surface area contributed by atoms with E-state index in [9.17, 15) is 14.9 Å². The lowest BCUT2D eigenvalue weighted by Crippen LogP contribution is -2.36. The molecular weight excluding hydrogens is 286 g/mol. The zero-order chi connectivity index (χ0) is 16.1. The van der Waals surface area contributed by atoms with E-state index in [2.05, 4.69) is 5.32 Å². The van der Waals surface area contributed by atoms with Gasteiger partial charge in [0.05, 0.1) is 18.1 Å². The number of morpholine rings is 1. The molecule has 7 nitrogen and oxygen atoms in total. The van der Waals surface area contributed by atoms with Crippen molar-refractivity contribution in [3.05, 3.63) is 33.9 Å². The molecular formula is C15H21N3O4. The van der Waals surface area contributed by atoms with Gasteiger partial charge in [-0.1, -0.05) is 6.92 Å². The molecule has 0 bridgehead atoms. The average molecular weight is 307 g/mol. The predicted octanol–water partition coefficient (Wildman–Crippen LogP) is 1.96. The van der Waals surface area contributed by atoms with E-state index >= 15 is 0 Å². The molecule has 1 aromatic carbocycles. The van der Waals surface area contributed by atoms with Gasteiger partial charge in [0.15, 0.2) is 0 Å². The van der Waals surface area contributed by atoms with Crippen molar-refractivity contribution in [3.63, 3.8) is 0 Å². The maximum Gasteiger partial charge on any atom is 0.293 e. The summed E-state index contributed by atoms with van der Waals surface area (Å²) in [5.41, 5.74) is 0.802. The Bertz CT molecular complexity index is 556. The number of nitrogens with zero attached hydrogens (tertiary/aromatic N) is 2. The monoisotopic (exact) mass is 307 g/mol. The zero-order valence-electron chi connectivity index (χ0n) is 12.9. The summed E-state index contributed by atoms with van der Waals surface area (Å²) < 4.78 is 5.26. The van der Waals surface area contributed by atoms with Crippen molar-refractivity contribution >= 4 is 17.3 Å². The second-order valence-electron chi connectivity index (χ2n) is 5.34. The van der Waals surface area contributed by atoms with Crippen molar-refractivity contribution in [2.24, 2.45) is 0 Å². The van der Waals surface area contributed by atoms with E-state index in [1.807, 2.05) is 18.7 Å². The summed E-state index contributed by atoms with van der Waals surface area (Å²) in [7, 11) is 0. The first kappa shape index (κ1) is 16.2. The summed E-state index contributed by atoms with van der Waals surface area (Å²) in [6, 6.07) is 4.66. The lowest BCUT2D eigenvalue weighted by Gasteiger charge is -2.28. The number of carbonyl (C=O) groups excluding carboxylic acids is 1. The van der Waals surface area contributed by atoms with Crippen molar-refractivity contribution in [2.75, 3.05) is 31.2 Å². The Morgan fingerprint density at radius 3 is 2.73 bits per heavy atom. The molecule has 1 amide bonds. The molecule has 0 saturated carbocycles. The molecule has 120 valence electrons. The number of rotatable bonds is 5. The number of nitro benzene ring substituents is 1. The number of ether oxygens (including phenoxy) is 1. The number of carbonyl (C=O) groups is 1. The van der Waals surface area contributed by atoms with Crippen molar-refractivity contribution in [2.45, 2.75) is 26.3 Å². The van der Waals surface area contributed by atoms with E-state index < -0.39 is 4.92 Å². The highest BCUT2D eigenvalue weighted by Gasteiger charge is 2.23. The van der Waals surface area contributed by atoms with E-state index in [1.165, 1.54) is 6.07 Å². The number of benzene rings is 1. The van der Waals surface area contributed by atoms with Crippen LogP contribution in [0.15, 0.2) is 18.2 Å². The van der Waals surface area contributed by atoms with Gasteiger partial charge in [-0.3, -0.25) is 14.9 Å². The Hall–Kier alpha value is -2.15. The summed E-state index contributed by atoms with van der Waals surface area (Å²) >= 11 is 0. The van der Waals surface area contributed by atoms with Gasteiger partial charge in [0.1, 0.15) is 5.69 Å². The van der Waals surface area contributed by atoms with Gasteiger partial charge in [-0.15, -0.1) is 0 Å². The molecule has 0 aliphatic carbocycles. The summed E-state index contributed by atoms with van der Waals surface area (Å²) in [5, 5.41) is 14.1. The molecule has 0 aromatic heterocycles. The van der Waals surface area contributed by atoms with E-state index in [0.717, 1.165) is 6.42 Å². The summed E-state index contributed by atoms with van der Waals surface area (Å²) in [6.07, 6.45) is 0.805. The Morgan fingerprint density at radius 1 is 1.45 bits per heavy atom. The molecule has 1 atom stereocenters. The van der Waals surface area contributed by atoms with Gasteiger partial charge in [0, 0.05) is 30.8 Å². The van der Waals surface area contributed by atoms with Gasteiger partial charge in [-0.05, 0) is 25.5 Å². The first-order valence-electron chi connectivity index (χ1n) is 7.45. The standard InChI is InChI=1S/C15H21N3O4/c1-3-11(2)16-15(19)12-4-5-13(14(10-12)18(20)21)17-6-8-22-9-7-17/h4-5,10-11H,3,6-9H2,1-2H3,(H,16,19)/t11-/m1/s1. The molecule has 22 heavy (non-hydrogen) atoms. The van der Waals surface area contributed by atoms with Gasteiger partial charge in [-0.2, -0.15) is 0 Å². The van der Waals surface area contributed by atoms with Crippen LogP contribution in [-0.2, 0) is 4.74 Å². The Balaban J connectivity index is 2.26. The molecule has 1 N–H and O–H groups in total. The second-order valence-corrected chi connectivity index (χ2v) is 5.34. The van der Waals surface area contributed by atoms with E-state index in [-0.39, 0.29) is 17.6 Å². The zero-order valence-corrected chi connectivity index (χ0v) is 12.9. The number of anilines is 1. The Morgan fingerprint density at radius 2 is 2.14 bits per heavy atom. The number of amides is 1. The molecule has 1 heterocycles. The maximum absolute atomic E-state index is 12.1. The van der Waals surface area contributed by atoms with Crippen LogP contribution < -0.4 is 10.2 Å². The molecule has 7 heteroatoms. The van der Waals surface area contributed by atoms with E-state index in [0.29, 0.717) is 37.6 Å². The number of hydrogen-bond acceptors (Lipinski definition) is 5. The topological polar surface area (TPSA) is 84.7 Å². The lowest BCUT2D eigenvalue weighted by molar-refractivity contribution is -0.384. The Labute approximate surface area is 129 Å². The average Bonchev–Trinajstić information content (AvgIpc) is 2.54. The minimum Gasteiger partial charge on any atom is -0.378 e. The molecule has 0 spiro atoms. The van der Waals surface area contributed by atoms with Crippen LogP contribution in [0.25, 0.3) is 0 Å². The van der Waals surface area contributed by atoms with Crippen LogP contribution in [0, 0.1) is 10.1 Å². The number of hydrogen-bond donors (Lipinski definition) is 1. The molecule has 1 saturated heterocycles. The van der Waals surface area contributed by atoms with Crippen LogP contribution in [0.1, 0.15) is 30.6 Å². The third-order valence-electron chi connectivity index (χ3n) is 3.78. The van der Waals surface area contributed by atoms with Crippen molar-refractivity contribution in [3.8, 4) is 0 Å². The van der Waals surface area contributed by atoms with E-state index in [1.54, 1.807) is 12.1 Å². The smallest absolute Gasteiger partial charge is 0.293 e. The van der Waals surface area contributed by atoms with Crippen molar-refractivity contribution in [1.82, 2.24) is 5.32 Å². The van der Waals surface area contributed by atoms with E-state index in [4.69, 9.17) is 4.74 Å². The second kappa shape index (κ2) is 7.22. The first-order chi connectivity index (χ1) is 10.5. The Kier molecular flexibility index (Phi) is 5.32. The third kappa shape index (κ3) is 3.73. The maximum atomic E-state index is 12.1. The number of nitrogens with one attached hydrogen (secondary N) is 1. The van der Waals surface area contributed by atoms with Gasteiger partial charge >= 0.3 is 0 Å². The molecule has 1 aliphatic heterocycles. The highest BCUT2D eigenvalue weighted by Crippen LogP contribution is 2.29. The van der Waals surface area contributed by atoms with Gasteiger partial charge in [0.25, 0.3) is 11.6 Å². The lowest BCUT2D eigenvalue weighted by atomic mass is 10.1. The summed E-state index contributed by atoms with van der Waals surface area (Å²) in [5.74, 6) is -0.286. The van der Waals surface area contributed by atoms with Crippen molar-refractivity contribution in [1.29, 1.82) is 0 Å². The van der Waals surface area contributed by atoms with Crippen LogP contribution in [0.4, 0.5) is 11.4 Å². The first-order valence-corrected chi connectivity index (χ1v) is 7.45. The molecule has 1 aromatic rings. The number of nitro groups is 1. The van der Waals surface area contributed by atoms with Crippen LogP contribution in [-0.4, -0.2) is 43.2 Å². The highest BCUT2D eigenvalue weighted by atomic mass is 16.6. The summed E-state index contributed by atoms with van der Waals surface area (Å²) in [6.45, 7) is 6.18. The third-order valence-corrected chi connectivity index (χ3v) is 3.78. The SMILES string of the molecule is CC[C@@H](C)NC(=O)c1ccc(N2CCOCC2)c([N+](=O)[O-])c1. The van der Waals surface area contributed by atoms with Crippen LogP contribution >= 0.6 is 0 Å². The fourth-order valence-corrected chi connectivity index (χ4v) is 2.29. The molecule has 0 radical (unpaired) electrons. The highest BCUT2D eigenvalue weighted by molar-refractivity contribution is 5.96. The fourth-order valence-electron chi connectivity index (χ4n) is 2.29. The fraction of sp³-hybridized carbons (Fsp3) is 0.533. The van der Waals surface area contributed by atoms with Gasteiger partial charge < -0.3 is 15.0 Å². The van der Waals surface area contributed by atoms with Gasteiger partial charge in [0.2, 0.25) is 0 Å². The predicted molar refractivity (Wildman–Crippen MR) is 83.3 cm³/mol. The van der Waals surface area contributed by atoms with Crippen LogP contribution in [0.2, 0.25) is 0 Å². The largest absolute Gasteiger partial charge is 0.378 e. The van der Waals surface area contributed by atoms with Gasteiger partial charge in [-0.25, -0.2) is 0 Å². The minimum absolute atomic E-state index is 0.0328. The quantitative estimate of drug-likeness (QED) is 0.664. The molecule has 1 aliphatic rings. The van der Waals surface area contributed by atoms with Crippen LogP contribution in [0.5, 0.6) is 0 Å². The molecule has 0 unspecified atom stereocenters. The molecule has 2 rings (SSSR count). The van der Waals surface area contributed by atoms with Crippen LogP contribution in [0.3, 0.4) is 0 Å². The minimum atomic E-state index is -0.440. The normalized spacial score (nSPS) is 16.2. The van der Waals surface area contributed by atoms with Crippen molar-refractivity contribution < 1.29 is 14.5 Å². The summed E-state index contributed by atoms with van der Waals surface area (Å²) in [4.78, 5) is 24.9. The molecule has 1 fully saturated rings.